The molecule has 0 aromatic heterocycles. The lowest BCUT2D eigenvalue weighted by Crippen LogP contribution is -2.32. The van der Waals surface area contributed by atoms with E-state index in [4.69, 9.17) is 16.3 Å². The van der Waals surface area contributed by atoms with Gasteiger partial charge in [-0.15, -0.1) is 0 Å². The molecular formula is C18H14ClN3O6. The zero-order chi connectivity index (χ0) is 20.4. The van der Waals surface area contributed by atoms with Crippen molar-refractivity contribution in [3.63, 3.8) is 0 Å². The molecule has 0 atom stereocenters. The Kier molecular flexibility index (Phi) is 5.27. The fourth-order valence-corrected chi connectivity index (χ4v) is 3.05. The van der Waals surface area contributed by atoms with Gasteiger partial charge in [-0.2, -0.15) is 0 Å². The topological polar surface area (TPSA) is 119 Å². The van der Waals surface area contributed by atoms with Crippen LogP contribution in [0.3, 0.4) is 0 Å². The van der Waals surface area contributed by atoms with E-state index in [1.54, 1.807) is 24.3 Å². The summed E-state index contributed by atoms with van der Waals surface area (Å²) in [5.74, 6) is -1.36. The summed E-state index contributed by atoms with van der Waals surface area (Å²) in [6.07, 6.45) is -0.163. The summed E-state index contributed by atoms with van der Waals surface area (Å²) < 4.78 is 5.05. The van der Waals surface area contributed by atoms with Gasteiger partial charge in [-0.3, -0.25) is 29.4 Å². The fourth-order valence-electron chi connectivity index (χ4n) is 2.82. The Hall–Kier alpha value is -3.46. The zero-order valence-corrected chi connectivity index (χ0v) is 15.4. The van der Waals surface area contributed by atoms with E-state index in [0.29, 0.717) is 11.1 Å². The number of amides is 3. The molecule has 0 radical (unpaired) electrons. The Morgan fingerprint density at radius 2 is 1.82 bits per heavy atom. The monoisotopic (exact) mass is 403 g/mol. The molecule has 1 heterocycles. The van der Waals surface area contributed by atoms with Gasteiger partial charge in [0.05, 0.1) is 34.9 Å². The molecule has 144 valence electrons. The highest BCUT2D eigenvalue weighted by molar-refractivity contribution is 6.33. The third-order valence-electron chi connectivity index (χ3n) is 4.18. The Morgan fingerprint density at radius 1 is 1.21 bits per heavy atom. The van der Waals surface area contributed by atoms with Gasteiger partial charge < -0.3 is 10.1 Å². The van der Waals surface area contributed by atoms with Crippen LogP contribution in [0.4, 0.5) is 11.4 Å². The number of carbonyl (C=O) groups excluding carboxylic acids is 3. The average molecular weight is 404 g/mol. The van der Waals surface area contributed by atoms with E-state index in [1.165, 1.54) is 13.2 Å². The van der Waals surface area contributed by atoms with Crippen LogP contribution in [0.15, 0.2) is 36.4 Å². The number of halogens is 1. The van der Waals surface area contributed by atoms with Crippen LogP contribution >= 0.6 is 11.6 Å². The first-order chi connectivity index (χ1) is 13.3. The van der Waals surface area contributed by atoms with Crippen molar-refractivity contribution in [2.45, 2.75) is 6.42 Å². The highest BCUT2D eigenvalue weighted by Gasteiger charge is 2.35. The van der Waals surface area contributed by atoms with Crippen LogP contribution in [0, 0.1) is 10.1 Å². The van der Waals surface area contributed by atoms with Crippen molar-refractivity contribution in [1.29, 1.82) is 0 Å². The predicted molar refractivity (Wildman–Crippen MR) is 99.7 cm³/mol. The van der Waals surface area contributed by atoms with Crippen molar-refractivity contribution in [2.75, 3.05) is 19.0 Å². The first-order valence-electron chi connectivity index (χ1n) is 8.10. The number of ether oxygens (including phenoxy) is 1. The number of nitro benzene ring substituents is 1. The summed E-state index contributed by atoms with van der Waals surface area (Å²) in [6.45, 7) is -0.110. The Balaban J connectivity index is 1.69. The molecule has 0 bridgehead atoms. The molecular weight excluding hydrogens is 390 g/mol. The summed E-state index contributed by atoms with van der Waals surface area (Å²) in [5, 5.41) is 13.3. The Labute approximate surface area is 164 Å². The van der Waals surface area contributed by atoms with Gasteiger partial charge in [0.25, 0.3) is 17.5 Å². The highest BCUT2D eigenvalue weighted by atomic mass is 35.5. The van der Waals surface area contributed by atoms with Crippen molar-refractivity contribution in [3.8, 4) is 5.75 Å². The van der Waals surface area contributed by atoms with E-state index in [2.05, 4.69) is 5.32 Å². The molecule has 3 amide bonds. The van der Waals surface area contributed by atoms with Gasteiger partial charge in [-0.05, 0) is 18.2 Å². The molecule has 1 aliphatic heterocycles. The molecule has 9 nitrogen and oxygen atoms in total. The smallest absolute Gasteiger partial charge is 0.291 e. The summed E-state index contributed by atoms with van der Waals surface area (Å²) in [4.78, 5) is 48.1. The maximum atomic E-state index is 12.3. The van der Waals surface area contributed by atoms with Crippen LogP contribution in [0.25, 0.3) is 0 Å². The van der Waals surface area contributed by atoms with Crippen molar-refractivity contribution in [3.05, 3.63) is 62.7 Å². The largest absolute Gasteiger partial charge is 0.494 e. The minimum atomic E-state index is -0.668. The number of anilines is 1. The molecule has 10 heteroatoms. The number of methoxy groups -OCH3 is 1. The molecule has 1 N–H and O–H groups in total. The summed E-state index contributed by atoms with van der Waals surface area (Å²) in [5.41, 5.74) is 0.390. The summed E-state index contributed by atoms with van der Waals surface area (Å²) in [6, 6.07) is 8.73. The lowest BCUT2D eigenvalue weighted by Gasteiger charge is -2.14. The number of nitrogens with one attached hydrogen (secondary N) is 1. The van der Waals surface area contributed by atoms with Gasteiger partial charge in [0.1, 0.15) is 10.8 Å². The fraction of sp³-hybridized carbons (Fsp3) is 0.167. The molecule has 0 fully saturated rings. The molecule has 3 rings (SSSR count). The number of nitrogens with zero attached hydrogens (tertiary/aromatic N) is 2. The van der Waals surface area contributed by atoms with Crippen LogP contribution < -0.4 is 10.1 Å². The summed E-state index contributed by atoms with van der Waals surface area (Å²) in [7, 11) is 1.29. The second-order valence-electron chi connectivity index (χ2n) is 5.87. The summed E-state index contributed by atoms with van der Waals surface area (Å²) >= 11 is 5.86. The quantitative estimate of drug-likeness (QED) is 0.450. The van der Waals surface area contributed by atoms with Crippen molar-refractivity contribution in [1.82, 2.24) is 4.90 Å². The van der Waals surface area contributed by atoms with Crippen LogP contribution in [0.1, 0.15) is 27.1 Å². The van der Waals surface area contributed by atoms with Crippen molar-refractivity contribution >= 4 is 40.7 Å². The van der Waals surface area contributed by atoms with Crippen molar-refractivity contribution in [2.24, 2.45) is 0 Å². The number of rotatable bonds is 6. The molecule has 0 aliphatic carbocycles. The average Bonchev–Trinajstić information content (AvgIpc) is 2.91. The second-order valence-corrected chi connectivity index (χ2v) is 6.27. The van der Waals surface area contributed by atoms with Gasteiger partial charge >= 0.3 is 0 Å². The van der Waals surface area contributed by atoms with Gasteiger partial charge in [-0.1, -0.05) is 23.7 Å². The molecule has 2 aromatic carbocycles. The molecule has 0 saturated carbocycles. The maximum Gasteiger partial charge on any atom is 0.291 e. The molecule has 28 heavy (non-hydrogen) atoms. The SMILES string of the molecule is COc1cc([N+](=O)[O-])c(Cl)cc1NC(=O)CCN1C(=O)c2ccccc2C1=O. The number of carbonyl (C=O) groups is 3. The number of hydrogen-bond acceptors (Lipinski definition) is 6. The Morgan fingerprint density at radius 3 is 2.36 bits per heavy atom. The van der Waals surface area contributed by atoms with Crippen LogP contribution in [-0.2, 0) is 4.79 Å². The first kappa shape index (κ1) is 19.3. The van der Waals surface area contributed by atoms with Crippen LogP contribution in [0.5, 0.6) is 5.75 Å². The zero-order valence-electron chi connectivity index (χ0n) is 14.6. The normalized spacial score (nSPS) is 12.7. The standard InChI is InChI=1S/C18H14ClN3O6/c1-28-15-9-14(22(26)27)12(19)8-13(15)20-16(23)6-7-21-17(24)10-4-2-3-5-11(10)18(21)25/h2-5,8-9H,6-7H2,1H3,(H,20,23). The molecule has 0 unspecified atom stereocenters. The maximum absolute atomic E-state index is 12.3. The number of fused-ring (bicyclic) bond motifs is 1. The first-order valence-corrected chi connectivity index (χ1v) is 8.48. The van der Waals surface area contributed by atoms with Gasteiger partial charge in [0, 0.05) is 13.0 Å². The highest BCUT2D eigenvalue weighted by Crippen LogP contribution is 2.35. The van der Waals surface area contributed by atoms with E-state index in [-0.39, 0.29) is 35.1 Å². The lowest BCUT2D eigenvalue weighted by molar-refractivity contribution is -0.384. The third-order valence-corrected chi connectivity index (χ3v) is 4.48. The van der Waals surface area contributed by atoms with Gasteiger partial charge in [-0.25, -0.2) is 0 Å². The molecule has 0 saturated heterocycles. The number of benzene rings is 2. The van der Waals surface area contributed by atoms with E-state index in [9.17, 15) is 24.5 Å². The second kappa shape index (κ2) is 7.65. The predicted octanol–water partition coefficient (Wildman–Crippen LogP) is 2.88. The molecule has 1 aliphatic rings. The van der Waals surface area contributed by atoms with E-state index in [1.807, 2.05) is 0 Å². The van der Waals surface area contributed by atoms with E-state index < -0.39 is 22.6 Å². The number of nitro groups is 1. The van der Waals surface area contributed by atoms with E-state index in [0.717, 1.165) is 11.0 Å². The minimum Gasteiger partial charge on any atom is -0.494 e. The van der Waals surface area contributed by atoms with Crippen molar-refractivity contribution < 1.29 is 24.0 Å². The molecule has 2 aromatic rings. The molecule has 0 spiro atoms. The number of hydrogen-bond donors (Lipinski definition) is 1. The lowest BCUT2D eigenvalue weighted by atomic mass is 10.1. The van der Waals surface area contributed by atoms with Crippen LogP contribution in [-0.4, -0.2) is 41.2 Å². The Bertz CT molecular complexity index is 972. The van der Waals surface area contributed by atoms with Gasteiger partial charge in [0.2, 0.25) is 5.91 Å². The van der Waals surface area contributed by atoms with E-state index >= 15 is 0 Å². The number of imide groups is 1. The minimum absolute atomic E-state index is 0.0604. The third kappa shape index (κ3) is 3.52. The van der Waals surface area contributed by atoms with Gasteiger partial charge in [0.15, 0.2) is 0 Å². The van der Waals surface area contributed by atoms with Crippen LogP contribution in [0.2, 0.25) is 5.02 Å².